The van der Waals surface area contributed by atoms with Crippen molar-refractivity contribution in [2.24, 2.45) is 0 Å². The smallest absolute Gasteiger partial charge is 0.161 e. The number of nitriles is 1. The Morgan fingerprint density at radius 2 is 1.85 bits per heavy atom. The minimum Gasteiger partial charge on any atom is -0.493 e. The molecule has 1 heterocycles. The zero-order valence-corrected chi connectivity index (χ0v) is 15.8. The third kappa shape index (κ3) is 3.88. The molecule has 1 aromatic heterocycles. The van der Waals surface area contributed by atoms with E-state index in [1.807, 2.05) is 41.8 Å². The molecule has 4 nitrogen and oxygen atoms in total. The molecule has 26 heavy (non-hydrogen) atoms. The van der Waals surface area contributed by atoms with Crippen molar-refractivity contribution in [1.29, 1.82) is 5.26 Å². The van der Waals surface area contributed by atoms with Gasteiger partial charge in [-0.2, -0.15) is 5.26 Å². The van der Waals surface area contributed by atoms with Crippen LogP contribution in [0.4, 0.5) is 0 Å². The number of benzene rings is 2. The number of ether oxygens (including phenoxy) is 2. The fourth-order valence-corrected chi connectivity index (χ4v) is 3.32. The Morgan fingerprint density at radius 3 is 2.50 bits per heavy atom. The molecule has 0 N–H and O–H groups in total. The number of thiazole rings is 1. The summed E-state index contributed by atoms with van der Waals surface area (Å²) in [7, 11) is 3.16. The van der Waals surface area contributed by atoms with Crippen molar-refractivity contribution in [2.45, 2.75) is 0 Å². The molecule has 0 aliphatic heterocycles. The summed E-state index contributed by atoms with van der Waals surface area (Å²) in [4.78, 5) is 4.58. The number of rotatable bonds is 5. The molecule has 0 aliphatic carbocycles. The fourth-order valence-electron chi connectivity index (χ4n) is 2.40. The van der Waals surface area contributed by atoms with Crippen LogP contribution in [0.2, 0.25) is 5.02 Å². The number of allylic oxidation sites excluding steroid dienone is 1. The van der Waals surface area contributed by atoms with E-state index in [9.17, 15) is 5.26 Å². The largest absolute Gasteiger partial charge is 0.493 e. The highest BCUT2D eigenvalue weighted by Gasteiger charge is 2.10. The van der Waals surface area contributed by atoms with Gasteiger partial charge in [-0.05, 0) is 35.9 Å². The molecule has 6 heteroatoms. The summed E-state index contributed by atoms with van der Waals surface area (Å²) in [5.74, 6) is 1.25. The van der Waals surface area contributed by atoms with E-state index < -0.39 is 0 Å². The molecule has 0 amide bonds. The zero-order valence-electron chi connectivity index (χ0n) is 14.2. The van der Waals surface area contributed by atoms with Crippen LogP contribution >= 0.6 is 22.9 Å². The van der Waals surface area contributed by atoms with Crippen molar-refractivity contribution < 1.29 is 9.47 Å². The molecule has 130 valence electrons. The summed E-state index contributed by atoms with van der Waals surface area (Å²) >= 11 is 7.35. The van der Waals surface area contributed by atoms with Gasteiger partial charge in [0.1, 0.15) is 11.1 Å². The van der Waals surface area contributed by atoms with Gasteiger partial charge in [-0.3, -0.25) is 0 Å². The summed E-state index contributed by atoms with van der Waals surface area (Å²) < 4.78 is 10.5. The number of hydrogen-bond acceptors (Lipinski definition) is 5. The average Bonchev–Trinajstić information content (AvgIpc) is 3.16. The molecule has 0 atom stereocenters. The molecule has 2 aromatic carbocycles. The van der Waals surface area contributed by atoms with Crippen molar-refractivity contribution in [3.05, 3.63) is 63.4 Å². The highest BCUT2D eigenvalue weighted by Crippen LogP contribution is 2.31. The molecule has 3 rings (SSSR count). The summed E-state index contributed by atoms with van der Waals surface area (Å²) in [5.41, 5.74) is 3.10. The summed E-state index contributed by atoms with van der Waals surface area (Å²) in [5, 5.41) is 12.8. The van der Waals surface area contributed by atoms with Gasteiger partial charge in [-0.1, -0.05) is 29.8 Å². The molecule has 0 saturated carbocycles. The molecule has 0 bridgehead atoms. The number of methoxy groups -OCH3 is 2. The Balaban J connectivity index is 1.93. The second kappa shape index (κ2) is 8.05. The van der Waals surface area contributed by atoms with Gasteiger partial charge in [0, 0.05) is 16.0 Å². The highest BCUT2D eigenvalue weighted by molar-refractivity contribution is 7.11. The van der Waals surface area contributed by atoms with E-state index in [0.29, 0.717) is 27.1 Å². The summed E-state index contributed by atoms with van der Waals surface area (Å²) in [6.07, 6.45) is 1.78. The zero-order chi connectivity index (χ0) is 18.5. The number of aromatic nitrogens is 1. The lowest BCUT2D eigenvalue weighted by Gasteiger charge is -2.07. The van der Waals surface area contributed by atoms with Crippen LogP contribution in [0.5, 0.6) is 11.5 Å². The molecule has 3 aromatic rings. The summed E-state index contributed by atoms with van der Waals surface area (Å²) in [6.45, 7) is 0. The molecular weight excluding hydrogens is 368 g/mol. The highest BCUT2D eigenvalue weighted by atomic mass is 35.5. The second-order valence-corrected chi connectivity index (χ2v) is 6.62. The van der Waals surface area contributed by atoms with E-state index in [2.05, 4.69) is 11.1 Å². The first-order chi connectivity index (χ1) is 12.6. The first kappa shape index (κ1) is 18.0. The van der Waals surface area contributed by atoms with Crippen molar-refractivity contribution in [3.63, 3.8) is 0 Å². The van der Waals surface area contributed by atoms with Crippen LogP contribution in [0.15, 0.2) is 47.8 Å². The summed E-state index contributed by atoms with van der Waals surface area (Å²) in [6, 6.07) is 15.2. The monoisotopic (exact) mass is 382 g/mol. The minimum atomic E-state index is 0.488. The third-order valence-corrected chi connectivity index (χ3v) is 4.84. The van der Waals surface area contributed by atoms with Gasteiger partial charge < -0.3 is 9.47 Å². The van der Waals surface area contributed by atoms with Crippen molar-refractivity contribution >= 4 is 34.6 Å². The standard InChI is InChI=1S/C20H15ClN2O2S/c1-24-18-8-3-13(10-19(18)25-2)9-15(11-22)20-23-17(12-26-20)14-4-6-16(21)7-5-14/h3-10,12H,1-2H3/b15-9+. The van der Waals surface area contributed by atoms with Gasteiger partial charge in [0.15, 0.2) is 11.5 Å². The van der Waals surface area contributed by atoms with Crippen LogP contribution in [0.3, 0.4) is 0 Å². The SMILES string of the molecule is COc1ccc(/C=C(\C#N)c2nc(-c3ccc(Cl)cc3)cs2)cc1OC. The van der Waals surface area contributed by atoms with E-state index in [-0.39, 0.29) is 0 Å². The normalized spacial score (nSPS) is 11.1. The maximum Gasteiger partial charge on any atom is 0.161 e. The number of halogens is 1. The van der Waals surface area contributed by atoms with Gasteiger partial charge in [0.05, 0.1) is 25.5 Å². The van der Waals surface area contributed by atoms with Gasteiger partial charge in [0.25, 0.3) is 0 Å². The van der Waals surface area contributed by atoms with E-state index in [1.165, 1.54) is 11.3 Å². The van der Waals surface area contributed by atoms with Crippen molar-refractivity contribution in [1.82, 2.24) is 4.98 Å². The Morgan fingerprint density at radius 1 is 1.12 bits per heavy atom. The maximum atomic E-state index is 9.56. The van der Waals surface area contributed by atoms with Gasteiger partial charge in [-0.15, -0.1) is 11.3 Å². The average molecular weight is 383 g/mol. The lowest BCUT2D eigenvalue weighted by atomic mass is 10.1. The Labute approximate surface area is 160 Å². The minimum absolute atomic E-state index is 0.488. The second-order valence-electron chi connectivity index (χ2n) is 5.33. The molecular formula is C20H15ClN2O2S. The van der Waals surface area contributed by atoms with Crippen molar-refractivity contribution in [2.75, 3.05) is 14.2 Å². The van der Waals surface area contributed by atoms with E-state index in [1.54, 1.807) is 26.4 Å². The molecule has 0 saturated heterocycles. The molecule has 0 radical (unpaired) electrons. The first-order valence-corrected chi connectivity index (χ1v) is 8.96. The third-order valence-electron chi connectivity index (χ3n) is 3.71. The van der Waals surface area contributed by atoms with E-state index >= 15 is 0 Å². The van der Waals surface area contributed by atoms with E-state index in [0.717, 1.165) is 16.8 Å². The van der Waals surface area contributed by atoms with E-state index in [4.69, 9.17) is 21.1 Å². The predicted molar refractivity (Wildman–Crippen MR) is 106 cm³/mol. The Hall–Kier alpha value is -2.81. The van der Waals surface area contributed by atoms with Gasteiger partial charge in [-0.25, -0.2) is 4.98 Å². The first-order valence-electron chi connectivity index (χ1n) is 7.70. The van der Waals surface area contributed by atoms with Gasteiger partial charge in [0.2, 0.25) is 0 Å². The Bertz CT molecular complexity index is 988. The molecule has 0 spiro atoms. The molecule has 0 aliphatic rings. The van der Waals surface area contributed by atoms with Crippen LogP contribution in [0.25, 0.3) is 22.9 Å². The maximum absolute atomic E-state index is 9.56. The fraction of sp³-hybridized carbons (Fsp3) is 0.100. The number of nitrogens with zero attached hydrogens (tertiary/aromatic N) is 2. The number of hydrogen-bond donors (Lipinski definition) is 0. The van der Waals surface area contributed by atoms with Crippen LogP contribution in [0, 0.1) is 11.3 Å². The lowest BCUT2D eigenvalue weighted by Crippen LogP contribution is -1.91. The predicted octanol–water partition coefficient (Wildman–Crippen LogP) is 5.54. The van der Waals surface area contributed by atoms with Crippen LogP contribution in [-0.4, -0.2) is 19.2 Å². The van der Waals surface area contributed by atoms with Crippen LogP contribution in [0.1, 0.15) is 10.6 Å². The lowest BCUT2D eigenvalue weighted by molar-refractivity contribution is 0.355. The Kier molecular flexibility index (Phi) is 5.57. The topological polar surface area (TPSA) is 55.1 Å². The van der Waals surface area contributed by atoms with Crippen LogP contribution < -0.4 is 9.47 Å². The van der Waals surface area contributed by atoms with Crippen molar-refractivity contribution in [3.8, 4) is 28.8 Å². The quantitative estimate of drug-likeness (QED) is 0.543. The van der Waals surface area contributed by atoms with Gasteiger partial charge >= 0.3 is 0 Å². The molecule has 0 unspecified atom stereocenters. The molecule has 0 fully saturated rings. The van der Waals surface area contributed by atoms with Crippen LogP contribution in [-0.2, 0) is 0 Å².